The highest BCUT2D eigenvalue weighted by Crippen LogP contribution is 2.22. The van der Waals surface area contributed by atoms with Crippen LogP contribution in [0.2, 0.25) is 0 Å². The fraction of sp³-hybridized carbons (Fsp3) is 0.105. The molecule has 1 saturated heterocycles. The van der Waals surface area contributed by atoms with Gasteiger partial charge in [0.05, 0.1) is 4.92 Å². The van der Waals surface area contributed by atoms with Crippen molar-refractivity contribution in [2.45, 2.75) is 0 Å². The monoisotopic (exact) mass is 397 g/mol. The number of urea groups is 1. The Morgan fingerprint density at radius 3 is 2.17 bits per heavy atom. The first-order valence-electron chi connectivity index (χ1n) is 8.41. The summed E-state index contributed by atoms with van der Waals surface area (Å²) in [6.07, 6.45) is 1.32. The van der Waals surface area contributed by atoms with E-state index in [4.69, 9.17) is 9.47 Å². The summed E-state index contributed by atoms with van der Waals surface area (Å²) >= 11 is 0. The number of nitro groups is 1. The molecule has 29 heavy (non-hydrogen) atoms. The quantitative estimate of drug-likeness (QED) is 0.239. The second kappa shape index (κ2) is 8.65. The summed E-state index contributed by atoms with van der Waals surface area (Å²) in [5.41, 5.74) is 0.216. The summed E-state index contributed by atoms with van der Waals surface area (Å²) in [4.78, 5) is 45.0. The van der Waals surface area contributed by atoms with E-state index in [1.807, 2.05) is 10.6 Å². The van der Waals surface area contributed by atoms with Crippen molar-refractivity contribution in [3.63, 3.8) is 0 Å². The van der Waals surface area contributed by atoms with Crippen molar-refractivity contribution in [2.75, 3.05) is 13.2 Å². The van der Waals surface area contributed by atoms with Gasteiger partial charge in [0.15, 0.2) is 0 Å². The van der Waals surface area contributed by atoms with Crippen molar-refractivity contribution in [2.24, 2.45) is 0 Å². The molecular formula is C19H15N3O7. The minimum atomic E-state index is -0.870. The van der Waals surface area contributed by atoms with E-state index >= 15 is 0 Å². The fourth-order valence-electron chi connectivity index (χ4n) is 2.47. The van der Waals surface area contributed by atoms with Gasteiger partial charge in [0, 0.05) is 17.7 Å². The molecule has 2 N–H and O–H groups in total. The molecule has 2 aromatic carbocycles. The third kappa shape index (κ3) is 4.95. The summed E-state index contributed by atoms with van der Waals surface area (Å²) in [6, 6.07) is 11.5. The number of nitrogens with one attached hydrogen (secondary N) is 2. The first kappa shape index (κ1) is 19.5. The molecule has 0 spiro atoms. The molecule has 4 amide bonds. The molecule has 0 aliphatic carbocycles. The molecule has 2 aromatic rings. The van der Waals surface area contributed by atoms with E-state index in [9.17, 15) is 24.5 Å². The lowest BCUT2D eigenvalue weighted by Gasteiger charge is -2.15. The molecule has 148 valence electrons. The van der Waals surface area contributed by atoms with Gasteiger partial charge in [-0.2, -0.15) is 0 Å². The third-order valence-electron chi connectivity index (χ3n) is 3.82. The van der Waals surface area contributed by atoms with Gasteiger partial charge in [-0.05, 0) is 24.3 Å². The van der Waals surface area contributed by atoms with Gasteiger partial charge in [0.25, 0.3) is 17.5 Å². The van der Waals surface area contributed by atoms with Crippen LogP contribution in [-0.2, 0) is 9.59 Å². The van der Waals surface area contributed by atoms with Crippen LogP contribution in [0.1, 0.15) is 5.56 Å². The highest BCUT2D eigenvalue weighted by atomic mass is 16.6. The van der Waals surface area contributed by atoms with Crippen molar-refractivity contribution < 1.29 is 28.8 Å². The number of hydrogen-bond donors (Lipinski definition) is 2. The molecule has 0 aromatic heterocycles. The highest BCUT2D eigenvalue weighted by molar-refractivity contribution is 6.31. The number of imide groups is 2. The zero-order valence-corrected chi connectivity index (χ0v) is 14.9. The predicted octanol–water partition coefficient (Wildman–Crippen LogP) is 1.80. The number of rotatable bonds is 7. The zero-order valence-electron chi connectivity index (χ0n) is 14.9. The second-order valence-corrected chi connectivity index (χ2v) is 5.78. The summed E-state index contributed by atoms with van der Waals surface area (Å²) in [5.74, 6) is -0.732. The SMILES string of the molecule is O=C1NC(=O)C(=Cc2ccccc2OCCOc2ccc([N+](=O)[O-])cc2)C(=O)N1. The number of hydrogen-bond acceptors (Lipinski definition) is 7. The lowest BCUT2D eigenvalue weighted by atomic mass is 10.1. The van der Waals surface area contributed by atoms with Crippen LogP contribution < -0.4 is 20.1 Å². The van der Waals surface area contributed by atoms with Crippen LogP contribution in [0, 0.1) is 10.1 Å². The number of nitrogens with zero attached hydrogens (tertiary/aromatic N) is 1. The number of carbonyl (C=O) groups is 3. The summed E-state index contributed by atoms with van der Waals surface area (Å²) in [7, 11) is 0. The lowest BCUT2D eigenvalue weighted by molar-refractivity contribution is -0.384. The van der Waals surface area contributed by atoms with E-state index in [0.29, 0.717) is 17.1 Å². The van der Waals surface area contributed by atoms with Gasteiger partial charge in [-0.1, -0.05) is 18.2 Å². The molecule has 0 bridgehead atoms. The largest absolute Gasteiger partial charge is 0.490 e. The number of nitro benzene ring substituents is 1. The highest BCUT2D eigenvalue weighted by Gasteiger charge is 2.27. The van der Waals surface area contributed by atoms with Crippen molar-refractivity contribution in [1.82, 2.24) is 10.6 Å². The molecule has 0 atom stereocenters. The maximum Gasteiger partial charge on any atom is 0.328 e. The Labute approximate surface area is 164 Å². The first-order valence-corrected chi connectivity index (χ1v) is 8.41. The Bertz CT molecular complexity index is 977. The number of barbiturate groups is 1. The molecule has 0 unspecified atom stereocenters. The number of ether oxygens (including phenoxy) is 2. The van der Waals surface area contributed by atoms with Gasteiger partial charge in [0.1, 0.15) is 30.3 Å². The van der Waals surface area contributed by atoms with Gasteiger partial charge < -0.3 is 9.47 Å². The van der Waals surface area contributed by atoms with E-state index in [-0.39, 0.29) is 24.5 Å². The Balaban J connectivity index is 1.61. The second-order valence-electron chi connectivity index (χ2n) is 5.78. The van der Waals surface area contributed by atoms with Crippen molar-refractivity contribution in [1.29, 1.82) is 0 Å². The Morgan fingerprint density at radius 1 is 0.897 bits per heavy atom. The maximum absolute atomic E-state index is 11.9. The van der Waals surface area contributed by atoms with Crippen LogP contribution >= 0.6 is 0 Å². The minimum absolute atomic E-state index is 0.0342. The molecule has 1 fully saturated rings. The van der Waals surface area contributed by atoms with Gasteiger partial charge >= 0.3 is 6.03 Å². The topological polar surface area (TPSA) is 137 Å². The number of carbonyl (C=O) groups excluding carboxylic acids is 3. The van der Waals surface area contributed by atoms with Crippen LogP contribution in [0.25, 0.3) is 6.08 Å². The van der Waals surface area contributed by atoms with E-state index in [1.165, 1.54) is 30.3 Å². The zero-order chi connectivity index (χ0) is 20.8. The number of para-hydroxylation sites is 1. The van der Waals surface area contributed by atoms with Crippen LogP contribution in [0.4, 0.5) is 10.5 Å². The number of non-ortho nitro benzene ring substituents is 1. The minimum Gasteiger partial charge on any atom is -0.490 e. The molecule has 1 heterocycles. The predicted molar refractivity (Wildman–Crippen MR) is 100 cm³/mol. The van der Waals surface area contributed by atoms with Crippen LogP contribution in [0.5, 0.6) is 11.5 Å². The standard InChI is InChI=1S/C19H15N3O7/c23-17-15(18(24)21-19(25)20-17)11-12-3-1-2-4-16(12)29-10-9-28-14-7-5-13(6-8-14)22(26)27/h1-8,11H,9-10H2,(H2,20,21,23,24,25). The third-order valence-corrected chi connectivity index (χ3v) is 3.82. The fourth-order valence-corrected chi connectivity index (χ4v) is 2.47. The summed E-state index contributed by atoms with van der Waals surface area (Å²) < 4.78 is 11.1. The average molecular weight is 397 g/mol. The molecule has 3 rings (SSSR count). The molecule has 1 aliphatic heterocycles. The van der Waals surface area contributed by atoms with Crippen molar-refractivity contribution in [3.05, 3.63) is 69.8 Å². The number of benzene rings is 2. The van der Waals surface area contributed by atoms with Crippen LogP contribution in [-0.4, -0.2) is 36.0 Å². The average Bonchev–Trinajstić information content (AvgIpc) is 2.69. The summed E-state index contributed by atoms with van der Waals surface area (Å²) in [6.45, 7) is 0.312. The van der Waals surface area contributed by atoms with Gasteiger partial charge in [-0.15, -0.1) is 0 Å². The molecule has 1 aliphatic rings. The van der Waals surface area contributed by atoms with Gasteiger partial charge in [-0.25, -0.2) is 4.79 Å². The van der Waals surface area contributed by atoms with Crippen molar-refractivity contribution in [3.8, 4) is 11.5 Å². The van der Waals surface area contributed by atoms with E-state index in [0.717, 1.165) is 0 Å². The van der Waals surface area contributed by atoms with Gasteiger partial charge in [0.2, 0.25) is 0 Å². The van der Waals surface area contributed by atoms with Gasteiger partial charge in [-0.3, -0.25) is 30.3 Å². The Morgan fingerprint density at radius 2 is 1.52 bits per heavy atom. The molecular weight excluding hydrogens is 382 g/mol. The van der Waals surface area contributed by atoms with Crippen LogP contribution in [0.3, 0.4) is 0 Å². The molecule has 0 saturated carbocycles. The Hall–Kier alpha value is -4.21. The Kier molecular flexibility index (Phi) is 5.83. The smallest absolute Gasteiger partial charge is 0.328 e. The molecule has 10 nitrogen and oxygen atoms in total. The first-order chi connectivity index (χ1) is 13.9. The normalized spacial score (nSPS) is 13.4. The number of amides is 4. The van der Waals surface area contributed by atoms with E-state index in [2.05, 4.69) is 0 Å². The van der Waals surface area contributed by atoms with Crippen LogP contribution in [0.15, 0.2) is 54.1 Å². The van der Waals surface area contributed by atoms with E-state index in [1.54, 1.807) is 24.3 Å². The van der Waals surface area contributed by atoms with E-state index < -0.39 is 22.8 Å². The lowest BCUT2D eigenvalue weighted by Crippen LogP contribution is -2.51. The van der Waals surface area contributed by atoms with Crippen molar-refractivity contribution >= 4 is 29.6 Å². The molecule has 10 heteroatoms. The molecule has 0 radical (unpaired) electrons. The maximum atomic E-state index is 11.9. The summed E-state index contributed by atoms with van der Waals surface area (Å²) in [5, 5.41) is 14.6.